The van der Waals surface area contributed by atoms with Crippen molar-refractivity contribution >= 4 is 29.1 Å². The van der Waals surface area contributed by atoms with Crippen molar-refractivity contribution in [3.05, 3.63) is 42.0 Å². The standard InChI is InChI=1S/C16H18N2O2.ClH/c1-11-10-18(9-8-17-11)16(20)14-7-6-12-4-2-3-5-13(12)15(14)19;/h2-7,11,17,19H,8-10H2,1H3;1H/t11-;/m1./s1. The number of amides is 1. The predicted molar refractivity (Wildman–Crippen MR) is 86.2 cm³/mol. The Hall–Kier alpha value is -1.78. The average Bonchev–Trinajstić information content (AvgIpc) is 2.47. The fourth-order valence-corrected chi connectivity index (χ4v) is 2.71. The van der Waals surface area contributed by atoms with Crippen LogP contribution in [-0.4, -0.2) is 41.6 Å². The molecular weight excluding hydrogens is 288 g/mol. The van der Waals surface area contributed by atoms with Crippen molar-refractivity contribution in [2.45, 2.75) is 13.0 Å². The predicted octanol–water partition coefficient (Wildman–Crippen LogP) is 2.40. The normalized spacial score (nSPS) is 18.3. The summed E-state index contributed by atoms with van der Waals surface area (Å²) in [4.78, 5) is 14.3. The zero-order valence-electron chi connectivity index (χ0n) is 11.9. The van der Waals surface area contributed by atoms with Crippen molar-refractivity contribution < 1.29 is 9.90 Å². The largest absolute Gasteiger partial charge is 0.506 e. The second-order valence-corrected chi connectivity index (χ2v) is 5.29. The molecule has 1 fully saturated rings. The lowest BCUT2D eigenvalue weighted by Crippen LogP contribution is -2.51. The molecule has 1 heterocycles. The minimum atomic E-state index is -0.0957. The number of nitrogens with zero attached hydrogens (tertiary/aromatic N) is 1. The number of rotatable bonds is 1. The number of piperazine rings is 1. The summed E-state index contributed by atoms with van der Waals surface area (Å²) in [5.74, 6) is -0.0131. The minimum Gasteiger partial charge on any atom is -0.506 e. The monoisotopic (exact) mass is 306 g/mol. The van der Waals surface area contributed by atoms with Gasteiger partial charge in [0.1, 0.15) is 5.75 Å². The van der Waals surface area contributed by atoms with E-state index in [-0.39, 0.29) is 30.1 Å². The molecule has 0 unspecified atom stereocenters. The molecular formula is C16H19ClN2O2. The number of carbonyl (C=O) groups excluding carboxylic acids is 1. The molecule has 2 aromatic carbocycles. The Morgan fingerprint density at radius 3 is 2.81 bits per heavy atom. The summed E-state index contributed by atoms with van der Waals surface area (Å²) in [6.07, 6.45) is 0. The molecule has 0 bridgehead atoms. The first kappa shape index (κ1) is 15.6. The lowest BCUT2D eigenvalue weighted by atomic mass is 10.0. The number of carbonyl (C=O) groups is 1. The second kappa shape index (κ2) is 6.33. The highest BCUT2D eigenvalue weighted by molar-refractivity contribution is 6.03. The van der Waals surface area contributed by atoms with Gasteiger partial charge in [0.25, 0.3) is 5.91 Å². The summed E-state index contributed by atoms with van der Waals surface area (Å²) in [6.45, 7) is 4.20. The van der Waals surface area contributed by atoms with Crippen LogP contribution in [0.3, 0.4) is 0 Å². The summed E-state index contributed by atoms with van der Waals surface area (Å²) in [5, 5.41) is 15.3. The maximum Gasteiger partial charge on any atom is 0.257 e. The van der Waals surface area contributed by atoms with Gasteiger partial charge in [-0.15, -0.1) is 12.4 Å². The number of halogens is 1. The molecule has 1 aliphatic rings. The molecule has 1 saturated heterocycles. The van der Waals surface area contributed by atoms with Crippen LogP contribution >= 0.6 is 12.4 Å². The van der Waals surface area contributed by atoms with Crippen molar-refractivity contribution in [3.63, 3.8) is 0 Å². The Balaban J connectivity index is 0.00000161. The molecule has 21 heavy (non-hydrogen) atoms. The molecule has 1 amide bonds. The SMILES string of the molecule is C[C@@H]1CN(C(=O)c2ccc3ccccc3c2O)CCN1.Cl. The number of hydrogen-bond acceptors (Lipinski definition) is 3. The number of phenols is 1. The van der Waals surface area contributed by atoms with E-state index in [0.29, 0.717) is 18.7 Å². The Labute approximate surface area is 130 Å². The molecule has 2 N–H and O–H groups in total. The molecule has 0 aliphatic carbocycles. The van der Waals surface area contributed by atoms with E-state index < -0.39 is 0 Å². The summed E-state index contributed by atoms with van der Waals surface area (Å²) in [5.41, 5.74) is 0.387. The van der Waals surface area contributed by atoms with Crippen LogP contribution in [0.15, 0.2) is 36.4 Å². The molecule has 1 aliphatic heterocycles. The lowest BCUT2D eigenvalue weighted by molar-refractivity contribution is 0.0706. The first-order valence-electron chi connectivity index (χ1n) is 6.90. The maximum absolute atomic E-state index is 12.5. The van der Waals surface area contributed by atoms with E-state index >= 15 is 0 Å². The van der Waals surface area contributed by atoms with Gasteiger partial charge < -0.3 is 15.3 Å². The number of benzene rings is 2. The van der Waals surface area contributed by atoms with Crippen LogP contribution in [0.2, 0.25) is 0 Å². The molecule has 112 valence electrons. The summed E-state index contributed by atoms with van der Waals surface area (Å²) >= 11 is 0. The third-order valence-corrected chi connectivity index (χ3v) is 3.79. The zero-order chi connectivity index (χ0) is 14.1. The third-order valence-electron chi connectivity index (χ3n) is 3.79. The number of phenolic OH excluding ortho intramolecular Hbond substituents is 1. The zero-order valence-corrected chi connectivity index (χ0v) is 12.7. The maximum atomic E-state index is 12.5. The highest BCUT2D eigenvalue weighted by Crippen LogP contribution is 2.29. The topological polar surface area (TPSA) is 52.6 Å². The fraction of sp³-hybridized carbons (Fsp3) is 0.312. The molecule has 3 rings (SSSR count). The van der Waals surface area contributed by atoms with Gasteiger partial charge in [0, 0.05) is 31.1 Å². The Morgan fingerprint density at radius 2 is 2.05 bits per heavy atom. The summed E-state index contributed by atoms with van der Waals surface area (Å²) in [7, 11) is 0. The molecule has 5 heteroatoms. The first-order chi connectivity index (χ1) is 9.66. The van der Waals surface area contributed by atoms with Gasteiger partial charge in [0.05, 0.1) is 5.56 Å². The van der Waals surface area contributed by atoms with Crippen LogP contribution in [0.1, 0.15) is 17.3 Å². The Bertz CT molecular complexity index is 660. The van der Waals surface area contributed by atoms with Gasteiger partial charge in [-0.25, -0.2) is 0 Å². The highest BCUT2D eigenvalue weighted by Gasteiger charge is 2.24. The first-order valence-corrected chi connectivity index (χ1v) is 6.90. The van der Waals surface area contributed by atoms with Crippen molar-refractivity contribution in [3.8, 4) is 5.75 Å². The Kier molecular flexibility index (Phi) is 4.70. The van der Waals surface area contributed by atoms with Crippen molar-refractivity contribution in [1.82, 2.24) is 10.2 Å². The van der Waals surface area contributed by atoms with Crippen LogP contribution in [-0.2, 0) is 0 Å². The van der Waals surface area contributed by atoms with E-state index in [1.54, 1.807) is 11.0 Å². The highest BCUT2D eigenvalue weighted by atomic mass is 35.5. The van der Waals surface area contributed by atoms with Gasteiger partial charge >= 0.3 is 0 Å². The molecule has 0 aromatic heterocycles. The van der Waals surface area contributed by atoms with E-state index in [0.717, 1.165) is 17.3 Å². The molecule has 0 radical (unpaired) electrons. The van der Waals surface area contributed by atoms with E-state index in [1.165, 1.54) is 0 Å². The van der Waals surface area contributed by atoms with Crippen molar-refractivity contribution in [2.75, 3.05) is 19.6 Å². The number of fused-ring (bicyclic) bond motifs is 1. The van der Waals surface area contributed by atoms with Crippen LogP contribution in [0.5, 0.6) is 5.75 Å². The smallest absolute Gasteiger partial charge is 0.257 e. The molecule has 4 nitrogen and oxygen atoms in total. The van der Waals surface area contributed by atoms with Crippen LogP contribution in [0, 0.1) is 0 Å². The molecule has 0 saturated carbocycles. The minimum absolute atomic E-state index is 0. The quantitative estimate of drug-likeness (QED) is 0.850. The molecule has 2 aromatic rings. The molecule has 0 spiro atoms. The van der Waals surface area contributed by atoms with Gasteiger partial charge in [0.15, 0.2) is 0 Å². The van der Waals surface area contributed by atoms with E-state index in [9.17, 15) is 9.90 Å². The lowest BCUT2D eigenvalue weighted by Gasteiger charge is -2.32. The van der Waals surface area contributed by atoms with Crippen molar-refractivity contribution in [1.29, 1.82) is 0 Å². The number of aromatic hydroxyl groups is 1. The third kappa shape index (κ3) is 2.96. The van der Waals surface area contributed by atoms with Gasteiger partial charge in [-0.05, 0) is 18.4 Å². The van der Waals surface area contributed by atoms with Gasteiger partial charge in [0.2, 0.25) is 0 Å². The van der Waals surface area contributed by atoms with Gasteiger partial charge in [-0.3, -0.25) is 4.79 Å². The molecule has 1 atom stereocenters. The van der Waals surface area contributed by atoms with E-state index in [2.05, 4.69) is 12.2 Å². The van der Waals surface area contributed by atoms with Crippen molar-refractivity contribution in [2.24, 2.45) is 0 Å². The number of hydrogen-bond donors (Lipinski definition) is 2. The summed E-state index contributed by atoms with van der Waals surface area (Å²) < 4.78 is 0. The van der Waals surface area contributed by atoms with Crippen LogP contribution in [0.25, 0.3) is 10.8 Å². The summed E-state index contributed by atoms with van der Waals surface area (Å²) in [6, 6.07) is 11.4. The van der Waals surface area contributed by atoms with E-state index in [1.807, 2.05) is 30.3 Å². The van der Waals surface area contributed by atoms with Gasteiger partial charge in [-0.2, -0.15) is 0 Å². The van der Waals surface area contributed by atoms with E-state index in [4.69, 9.17) is 0 Å². The van der Waals surface area contributed by atoms with Crippen LogP contribution < -0.4 is 5.32 Å². The van der Waals surface area contributed by atoms with Crippen LogP contribution in [0.4, 0.5) is 0 Å². The Morgan fingerprint density at radius 1 is 1.29 bits per heavy atom. The fourth-order valence-electron chi connectivity index (χ4n) is 2.71. The second-order valence-electron chi connectivity index (χ2n) is 5.29. The van der Waals surface area contributed by atoms with Gasteiger partial charge in [-0.1, -0.05) is 30.3 Å². The number of nitrogens with one attached hydrogen (secondary N) is 1. The average molecular weight is 307 g/mol.